The lowest BCUT2D eigenvalue weighted by Gasteiger charge is -2.36. The van der Waals surface area contributed by atoms with Gasteiger partial charge in [-0.3, -0.25) is 0 Å². The van der Waals surface area contributed by atoms with Crippen molar-refractivity contribution in [3.63, 3.8) is 0 Å². The fourth-order valence-electron chi connectivity index (χ4n) is 7.08. The first-order valence-corrected chi connectivity index (χ1v) is 15.3. The molecule has 2 nitrogen and oxygen atoms in total. The van der Waals surface area contributed by atoms with E-state index in [0.717, 1.165) is 37.8 Å². The normalized spacial score (nSPS) is 34.0. The van der Waals surface area contributed by atoms with E-state index in [1.165, 1.54) is 29.6 Å². The Bertz CT molecular complexity index is 1250. The summed E-state index contributed by atoms with van der Waals surface area (Å²) in [5, 5.41) is 7.15. The lowest BCUT2D eigenvalue weighted by atomic mass is 9.75. The summed E-state index contributed by atoms with van der Waals surface area (Å²) in [6.45, 7) is 0. The van der Waals surface area contributed by atoms with Crippen molar-refractivity contribution < 1.29 is 8.78 Å². The molecule has 1 aromatic carbocycles. The van der Waals surface area contributed by atoms with Crippen molar-refractivity contribution in [2.75, 3.05) is 0 Å². The SMILES string of the molecule is FC1=CC(NC2C=CC(C3CC=CCC3)=CC2)CCC1C1C=CC(NC2=CC=C(c3ccccc3)CC2)CC1F. The van der Waals surface area contributed by atoms with E-state index in [9.17, 15) is 0 Å². The zero-order chi connectivity index (χ0) is 27.3. The monoisotopic (exact) mass is 540 g/mol. The Hall–Kier alpha value is -2.98. The number of hydrogen-bond donors (Lipinski definition) is 2. The molecule has 7 atom stereocenters. The number of rotatable bonds is 7. The van der Waals surface area contributed by atoms with Gasteiger partial charge in [0.05, 0.1) is 0 Å². The summed E-state index contributed by atoms with van der Waals surface area (Å²) in [4.78, 5) is 0. The highest BCUT2D eigenvalue weighted by atomic mass is 19.1. The van der Waals surface area contributed by atoms with Crippen LogP contribution in [0.25, 0.3) is 5.57 Å². The summed E-state index contributed by atoms with van der Waals surface area (Å²) >= 11 is 0. The predicted octanol–water partition coefficient (Wildman–Crippen LogP) is 8.45. The Balaban J connectivity index is 1.00. The molecular formula is C36H42F2N2. The van der Waals surface area contributed by atoms with Gasteiger partial charge >= 0.3 is 0 Å². The van der Waals surface area contributed by atoms with E-state index in [1.807, 2.05) is 12.1 Å². The molecule has 7 unspecified atom stereocenters. The Kier molecular flexibility index (Phi) is 8.62. The average molecular weight is 541 g/mol. The minimum Gasteiger partial charge on any atom is -0.382 e. The molecule has 5 aliphatic carbocycles. The van der Waals surface area contributed by atoms with Crippen LogP contribution in [0.5, 0.6) is 0 Å². The zero-order valence-electron chi connectivity index (χ0n) is 23.3. The molecule has 5 aliphatic rings. The fourth-order valence-corrected chi connectivity index (χ4v) is 7.08. The second kappa shape index (κ2) is 12.7. The van der Waals surface area contributed by atoms with E-state index in [-0.39, 0.29) is 35.8 Å². The molecule has 0 aromatic heterocycles. The number of hydrogen-bond acceptors (Lipinski definition) is 2. The van der Waals surface area contributed by atoms with Gasteiger partial charge in [-0.2, -0.15) is 0 Å². The van der Waals surface area contributed by atoms with Crippen LogP contribution < -0.4 is 10.6 Å². The van der Waals surface area contributed by atoms with Gasteiger partial charge in [-0.05, 0) is 86.1 Å². The van der Waals surface area contributed by atoms with Crippen molar-refractivity contribution in [2.24, 2.45) is 17.8 Å². The smallest absolute Gasteiger partial charge is 0.109 e. The lowest BCUT2D eigenvalue weighted by Crippen LogP contribution is -2.41. The van der Waals surface area contributed by atoms with E-state index in [0.29, 0.717) is 18.8 Å². The van der Waals surface area contributed by atoms with Gasteiger partial charge in [0.2, 0.25) is 0 Å². The van der Waals surface area contributed by atoms with Crippen LogP contribution in [0, 0.1) is 17.8 Å². The molecule has 0 bridgehead atoms. The number of allylic oxidation sites excluding steroid dienone is 10. The third-order valence-corrected chi connectivity index (χ3v) is 9.39. The van der Waals surface area contributed by atoms with Crippen LogP contribution in [-0.2, 0) is 0 Å². The van der Waals surface area contributed by atoms with Crippen LogP contribution in [0.15, 0.2) is 108 Å². The van der Waals surface area contributed by atoms with Crippen molar-refractivity contribution >= 4 is 5.57 Å². The molecular weight excluding hydrogens is 498 g/mol. The summed E-state index contributed by atoms with van der Waals surface area (Å²) < 4.78 is 30.7. The molecule has 40 heavy (non-hydrogen) atoms. The van der Waals surface area contributed by atoms with Crippen LogP contribution in [0.4, 0.5) is 8.78 Å². The first-order chi connectivity index (χ1) is 19.6. The topological polar surface area (TPSA) is 24.1 Å². The van der Waals surface area contributed by atoms with E-state index < -0.39 is 6.17 Å². The number of benzene rings is 1. The quantitative estimate of drug-likeness (QED) is 0.339. The van der Waals surface area contributed by atoms with Gasteiger partial charge in [0.1, 0.15) is 12.0 Å². The number of nitrogens with one attached hydrogen (secondary N) is 2. The highest BCUT2D eigenvalue weighted by Crippen LogP contribution is 2.39. The molecule has 0 spiro atoms. The van der Waals surface area contributed by atoms with Crippen LogP contribution in [0.3, 0.4) is 0 Å². The molecule has 210 valence electrons. The summed E-state index contributed by atoms with van der Waals surface area (Å²) in [5.74, 6) is -0.246. The Labute approximate surface area is 238 Å². The molecule has 0 fully saturated rings. The minimum absolute atomic E-state index is 0.00517. The predicted molar refractivity (Wildman–Crippen MR) is 162 cm³/mol. The van der Waals surface area contributed by atoms with Gasteiger partial charge in [0.25, 0.3) is 0 Å². The van der Waals surface area contributed by atoms with Gasteiger partial charge in [-0.25, -0.2) is 8.78 Å². The average Bonchev–Trinajstić information content (AvgIpc) is 2.99. The molecule has 6 rings (SSSR count). The maximum atomic E-state index is 15.4. The third-order valence-electron chi connectivity index (χ3n) is 9.39. The van der Waals surface area contributed by atoms with Crippen LogP contribution in [-0.4, -0.2) is 24.3 Å². The first-order valence-electron chi connectivity index (χ1n) is 15.3. The second-order valence-corrected chi connectivity index (χ2v) is 12.1. The van der Waals surface area contributed by atoms with Crippen molar-refractivity contribution in [1.29, 1.82) is 0 Å². The molecule has 1 aromatic rings. The maximum Gasteiger partial charge on any atom is 0.109 e. The second-order valence-electron chi connectivity index (χ2n) is 12.1. The van der Waals surface area contributed by atoms with Crippen molar-refractivity contribution in [3.05, 3.63) is 114 Å². The number of alkyl halides is 1. The number of halogens is 2. The minimum atomic E-state index is -1.05. The molecule has 0 heterocycles. The van der Waals surface area contributed by atoms with Crippen molar-refractivity contribution in [1.82, 2.24) is 10.6 Å². The highest BCUT2D eigenvalue weighted by molar-refractivity contribution is 5.68. The van der Waals surface area contributed by atoms with Gasteiger partial charge in [-0.15, -0.1) is 0 Å². The first kappa shape index (κ1) is 27.2. The molecule has 0 saturated heterocycles. The fraction of sp³-hybridized carbons (Fsp3) is 0.444. The Morgan fingerprint density at radius 3 is 2.42 bits per heavy atom. The van der Waals surface area contributed by atoms with E-state index in [2.05, 4.69) is 83.5 Å². The van der Waals surface area contributed by atoms with E-state index >= 15 is 8.78 Å². The summed E-state index contributed by atoms with van der Waals surface area (Å²) in [6.07, 6.45) is 28.7. The van der Waals surface area contributed by atoms with Crippen molar-refractivity contribution in [2.45, 2.75) is 82.1 Å². The Morgan fingerprint density at radius 1 is 0.825 bits per heavy atom. The molecule has 0 radical (unpaired) electrons. The van der Waals surface area contributed by atoms with Gasteiger partial charge < -0.3 is 10.6 Å². The lowest BCUT2D eigenvalue weighted by molar-refractivity contribution is 0.161. The maximum absolute atomic E-state index is 15.4. The summed E-state index contributed by atoms with van der Waals surface area (Å²) in [6, 6.07) is 10.6. The molecule has 4 heteroatoms. The van der Waals surface area contributed by atoms with Crippen LogP contribution in [0.2, 0.25) is 0 Å². The zero-order valence-corrected chi connectivity index (χ0v) is 23.3. The largest absolute Gasteiger partial charge is 0.382 e. The summed E-state index contributed by atoms with van der Waals surface area (Å²) in [7, 11) is 0. The van der Waals surface area contributed by atoms with Gasteiger partial charge in [0.15, 0.2) is 0 Å². The highest BCUT2D eigenvalue weighted by Gasteiger charge is 2.37. The third kappa shape index (κ3) is 6.49. The van der Waals surface area contributed by atoms with Gasteiger partial charge in [0, 0.05) is 42.1 Å². The van der Waals surface area contributed by atoms with Crippen LogP contribution >= 0.6 is 0 Å². The van der Waals surface area contributed by atoms with Crippen molar-refractivity contribution in [3.8, 4) is 0 Å². The molecule has 2 N–H and O–H groups in total. The molecule has 0 aliphatic heterocycles. The summed E-state index contributed by atoms with van der Waals surface area (Å²) in [5.41, 5.74) is 5.19. The van der Waals surface area contributed by atoms with E-state index in [1.54, 1.807) is 6.08 Å². The molecule has 0 amide bonds. The van der Waals surface area contributed by atoms with Crippen LogP contribution in [0.1, 0.15) is 63.4 Å². The standard InChI is InChI=1S/C36H42F2N2/c37-35-23-31(39-29-15-11-27(12-16-29)25-7-3-1-4-8-25)19-21-33(35)34-22-20-32(24-36(34)38)40-30-17-13-28(14-18-30)26-9-5-2-6-10-26/h1-5,7-8,11,13-15,17,19,21,24,26,30-35,39-40H,6,9-10,12,16,18,20,22-23H2. The van der Waals surface area contributed by atoms with E-state index in [4.69, 9.17) is 0 Å². The Morgan fingerprint density at radius 2 is 1.73 bits per heavy atom. The van der Waals surface area contributed by atoms with Gasteiger partial charge in [-0.1, -0.05) is 78.9 Å². The molecule has 0 saturated carbocycles.